The van der Waals surface area contributed by atoms with Crippen molar-refractivity contribution in [1.82, 2.24) is 15.5 Å². The maximum atomic E-state index is 12.8. The number of piperidine rings is 1. The van der Waals surface area contributed by atoms with Crippen LogP contribution in [0.4, 0.5) is 4.79 Å². The molecule has 3 atom stereocenters. The van der Waals surface area contributed by atoms with Crippen LogP contribution < -0.4 is 10.6 Å². The van der Waals surface area contributed by atoms with E-state index in [0.717, 1.165) is 38.0 Å². The van der Waals surface area contributed by atoms with Crippen LogP contribution in [0.15, 0.2) is 0 Å². The third-order valence-corrected chi connectivity index (χ3v) is 8.17. The normalized spacial score (nSPS) is 37.2. The molecule has 3 unspecified atom stereocenters. The fourth-order valence-corrected chi connectivity index (χ4v) is 5.55. The molecule has 5 heteroatoms. The summed E-state index contributed by atoms with van der Waals surface area (Å²) < 4.78 is 0. The van der Waals surface area contributed by atoms with Crippen molar-refractivity contribution >= 4 is 11.9 Å². The van der Waals surface area contributed by atoms with Gasteiger partial charge in [-0.1, -0.05) is 20.8 Å². The van der Waals surface area contributed by atoms with E-state index >= 15 is 0 Å². The maximum absolute atomic E-state index is 12.8. The number of rotatable bonds is 3. The van der Waals surface area contributed by atoms with Gasteiger partial charge in [0.2, 0.25) is 5.91 Å². The molecule has 140 valence electrons. The fourth-order valence-electron chi connectivity index (χ4n) is 5.55. The number of nitrogens with zero attached hydrogens (tertiary/aromatic N) is 1. The molecule has 0 aromatic rings. The molecular formula is C20H33N3O2. The van der Waals surface area contributed by atoms with Gasteiger partial charge in [0, 0.05) is 31.1 Å². The summed E-state index contributed by atoms with van der Waals surface area (Å²) in [6, 6.07) is 0.802. The number of fused-ring (bicyclic) bond motifs is 2. The van der Waals surface area contributed by atoms with Crippen LogP contribution in [-0.2, 0) is 4.79 Å². The second-order valence-electron chi connectivity index (χ2n) is 9.66. The molecular weight excluding hydrogens is 314 g/mol. The van der Waals surface area contributed by atoms with Crippen molar-refractivity contribution in [1.29, 1.82) is 0 Å². The van der Waals surface area contributed by atoms with Gasteiger partial charge in [-0.2, -0.15) is 0 Å². The molecule has 2 bridgehead atoms. The van der Waals surface area contributed by atoms with Gasteiger partial charge >= 0.3 is 6.03 Å². The first-order valence-corrected chi connectivity index (χ1v) is 10.2. The Bertz CT molecular complexity index is 563. The number of hydrogen-bond acceptors (Lipinski definition) is 2. The molecule has 5 nitrogen and oxygen atoms in total. The van der Waals surface area contributed by atoms with E-state index in [1.165, 1.54) is 12.8 Å². The lowest BCUT2D eigenvalue weighted by atomic mass is 9.69. The Labute approximate surface area is 151 Å². The Morgan fingerprint density at radius 1 is 0.960 bits per heavy atom. The minimum absolute atomic E-state index is 0.0793. The Morgan fingerprint density at radius 2 is 1.64 bits per heavy atom. The van der Waals surface area contributed by atoms with Crippen molar-refractivity contribution in [3.63, 3.8) is 0 Å². The monoisotopic (exact) mass is 347 g/mol. The minimum Gasteiger partial charge on any atom is -0.353 e. The average Bonchev–Trinajstić information content (AvgIpc) is 3.34. The summed E-state index contributed by atoms with van der Waals surface area (Å²) in [4.78, 5) is 26.9. The van der Waals surface area contributed by atoms with Crippen LogP contribution in [0.25, 0.3) is 0 Å². The highest BCUT2D eigenvalue weighted by Gasteiger charge is 2.61. The summed E-state index contributed by atoms with van der Waals surface area (Å²) >= 11 is 0. The lowest BCUT2D eigenvalue weighted by molar-refractivity contribution is -0.126. The van der Waals surface area contributed by atoms with E-state index in [-0.39, 0.29) is 23.3 Å². The molecule has 25 heavy (non-hydrogen) atoms. The second kappa shape index (κ2) is 5.88. The summed E-state index contributed by atoms with van der Waals surface area (Å²) in [5, 5.41) is 6.45. The highest BCUT2D eigenvalue weighted by Crippen LogP contribution is 2.65. The summed E-state index contributed by atoms with van der Waals surface area (Å²) in [6.07, 6.45) is 7.49. The molecule has 2 N–H and O–H groups in total. The van der Waals surface area contributed by atoms with Crippen molar-refractivity contribution in [3.8, 4) is 0 Å². The van der Waals surface area contributed by atoms with Gasteiger partial charge < -0.3 is 15.5 Å². The second-order valence-corrected chi connectivity index (χ2v) is 9.66. The van der Waals surface area contributed by atoms with Gasteiger partial charge in [-0.3, -0.25) is 4.79 Å². The van der Waals surface area contributed by atoms with Crippen LogP contribution in [0.1, 0.15) is 65.7 Å². The number of amides is 3. The quantitative estimate of drug-likeness (QED) is 0.825. The zero-order chi connectivity index (χ0) is 17.8. The molecule has 4 fully saturated rings. The average molecular weight is 348 g/mol. The molecule has 3 aliphatic carbocycles. The molecule has 0 aromatic heterocycles. The Morgan fingerprint density at radius 3 is 2.16 bits per heavy atom. The van der Waals surface area contributed by atoms with E-state index in [2.05, 4.69) is 31.4 Å². The van der Waals surface area contributed by atoms with Crippen LogP contribution in [0.5, 0.6) is 0 Å². The molecule has 0 radical (unpaired) electrons. The molecule has 3 amide bonds. The largest absolute Gasteiger partial charge is 0.353 e. The maximum Gasteiger partial charge on any atom is 0.317 e. The van der Waals surface area contributed by atoms with E-state index in [1.807, 2.05) is 4.90 Å². The Kier molecular flexibility index (Phi) is 4.04. The summed E-state index contributed by atoms with van der Waals surface area (Å²) in [6.45, 7) is 8.51. The van der Waals surface area contributed by atoms with Crippen molar-refractivity contribution in [2.24, 2.45) is 22.7 Å². The lowest BCUT2D eigenvalue weighted by Gasteiger charge is -2.40. The third kappa shape index (κ3) is 2.83. The van der Waals surface area contributed by atoms with Crippen molar-refractivity contribution in [2.75, 3.05) is 13.1 Å². The van der Waals surface area contributed by atoms with E-state index in [9.17, 15) is 9.59 Å². The van der Waals surface area contributed by atoms with Crippen LogP contribution in [0, 0.1) is 22.7 Å². The van der Waals surface area contributed by atoms with Crippen LogP contribution in [0.3, 0.4) is 0 Å². The standard InChI is InChI=1S/C20H33N3O2/c1-19(2)14-6-9-20(19,3)16(12-14)22-18(25)23-10-7-13(8-11-23)17(24)21-15-4-5-15/h13-16H,4-12H2,1-3H3,(H,21,24)(H,22,25). The van der Waals surface area contributed by atoms with Gasteiger partial charge in [-0.25, -0.2) is 4.79 Å². The van der Waals surface area contributed by atoms with E-state index in [0.29, 0.717) is 30.6 Å². The van der Waals surface area contributed by atoms with E-state index in [4.69, 9.17) is 0 Å². The van der Waals surface area contributed by atoms with Crippen LogP contribution in [-0.4, -0.2) is 42.0 Å². The number of carbonyl (C=O) groups is 2. The first-order chi connectivity index (χ1) is 11.8. The summed E-state index contributed by atoms with van der Waals surface area (Å²) in [5.74, 6) is 1.02. The molecule has 1 aliphatic heterocycles. The lowest BCUT2D eigenvalue weighted by Crippen LogP contribution is -2.53. The topological polar surface area (TPSA) is 61.4 Å². The van der Waals surface area contributed by atoms with Gasteiger partial charge in [-0.15, -0.1) is 0 Å². The number of likely N-dealkylation sites (tertiary alicyclic amines) is 1. The first kappa shape index (κ1) is 17.2. The third-order valence-electron chi connectivity index (χ3n) is 8.17. The van der Waals surface area contributed by atoms with Gasteiger partial charge in [-0.05, 0) is 61.7 Å². The summed E-state index contributed by atoms with van der Waals surface area (Å²) in [7, 11) is 0. The van der Waals surface area contributed by atoms with Crippen LogP contribution >= 0.6 is 0 Å². The predicted molar refractivity (Wildman–Crippen MR) is 97.0 cm³/mol. The van der Waals surface area contributed by atoms with Gasteiger partial charge in [0.25, 0.3) is 0 Å². The molecule has 1 saturated heterocycles. The molecule has 1 heterocycles. The minimum atomic E-state index is 0.0793. The predicted octanol–water partition coefficient (Wildman–Crippen LogP) is 2.90. The molecule has 0 aromatic carbocycles. The zero-order valence-electron chi connectivity index (χ0n) is 15.9. The SMILES string of the molecule is CC1(C)C2CCC1(C)C(NC(=O)N1CCC(C(=O)NC3CC3)CC1)C2. The molecule has 3 saturated carbocycles. The zero-order valence-corrected chi connectivity index (χ0v) is 15.9. The number of nitrogens with one attached hydrogen (secondary N) is 2. The number of carbonyl (C=O) groups excluding carboxylic acids is 2. The van der Waals surface area contributed by atoms with Gasteiger partial charge in [0.05, 0.1) is 0 Å². The van der Waals surface area contributed by atoms with E-state index in [1.54, 1.807) is 0 Å². The van der Waals surface area contributed by atoms with Crippen molar-refractivity contribution in [2.45, 2.75) is 77.8 Å². The number of urea groups is 1. The highest BCUT2D eigenvalue weighted by atomic mass is 16.2. The molecule has 0 spiro atoms. The highest BCUT2D eigenvalue weighted by molar-refractivity contribution is 5.80. The van der Waals surface area contributed by atoms with Crippen molar-refractivity contribution in [3.05, 3.63) is 0 Å². The first-order valence-electron chi connectivity index (χ1n) is 10.2. The van der Waals surface area contributed by atoms with Gasteiger partial charge in [0.15, 0.2) is 0 Å². The van der Waals surface area contributed by atoms with E-state index < -0.39 is 0 Å². The Hall–Kier alpha value is -1.26. The van der Waals surface area contributed by atoms with Gasteiger partial charge in [0.1, 0.15) is 0 Å². The Balaban J connectivity index is 1.29. The number of hydrogen-bond donors (Lipinski definition) is 2. The smallest absolute Gasteiger partial charge is 0.317 e. The molecule has 4 aliphatic rings. The fraction of sp³-hybridized carbons (Fsp3) is 0.900. The summed E-state index contributed by atoms with van der Waals surface area (Å²) in [5.41, 5.74) is 0.536. The van der Waals surface area contributed by atoms with Crippen LogP contribution in [0.2, 0.25) is 0 Å². The van der Waals surface area contributed by atoms with Crippen molar-refractivity contribution < 1.29 is 9.59 Å². The molecule has 4 rings (SSSR count).